The summed E-state index contributed by atoms with van der Waals surface area (Å²) >= 11 is 5.55. The molecule has 1 saturated heterocycles. The van der Waals surface area contributed by atoms with Gasteiger partial charge in [0, 0.05) is 31.7 Å². The van der Waals surface area contributed by atoms with Gasteiger partial charge in [-0.2, -0.15) is 0 Å². The summed E-state index contributed by atoms with van der Waals surface area (Å²) in [6, 6.07) is 0.472. The highest BCUT2D eigenvalue weighted by Gasteiger charge is 2.30. The average molecular weight is 235 g/mol. The smallest absolute Gasteiger partial charge is 0.237 e. The van der Waals surface area contributed by atoms with Gasteiger partial charge in [0.25, 0.3) is 0 Å². The largest absolute Gasteiger partial charge is 0.395 e. The predicted octanol–water partition coefficient (Wildman–Crippen LogP) is 0.139. The molecule has 0 aromatic rings. The van der Waals surface area contributed by atoms with Gasteiger partial charge in [-0.05, 0) is 13.8 Å². The van der Waals surface area contributed by atoms with Crippen LogP contribution < -0.4 is 0 Å². The Bertz CT molecular complexity index is 225. The summed E-state index contributed by atoms with van der Waals surface area (Å²) in [5.41, 5.74) is 0. The molecule has 4 nitrogen and oxygen atoms in total. The molecule has 5 heteroatoms. The minimum Gasteiger partial charge on any atom is -0.395 e. The van der Waals surface area contributed by atoms with Crippen LogP contribution in [0.3, 0.4) is 0 Å². The predicted molar refractivity (Wildman–Crippen MR) is 60.0 cm³/mol. The zero-order valence-electron chi connectivity index (χ0n) is 9.32. The average Bonchev–Trinajstić information content (AvgIpc) is 2.22. The Morgan fingerprint density at radius 3 is 2.60 bits per heavy atom. The molecular weight excluding hydrogens is 216 g/mol. The number of hydrogen-bond acceptors (Lipinski definition) is 3. The second-order valence-electron chi connectivity index (χ2n) is 4.10. The van der Waals surface area contributed by atoms with Crippen molar-refractivity contribution in [3.63, 3.8) is 0 Å². The summed E-state index contributed by atoms with van der Waals surface area (Å²) in [7, 11) is 0. The molecule has 1 N–H and O–H groups in total. The SMILES string of the molecule is C[C@@H]1CN(C(=O)CCl)[C@@H](C)CN1CCO. The van der Waals surface area contributed by atoms with Gasteiger partial charge >= 0.3 is 0 Å². The van der Waals surface area contributed by atoms with E-state index in [2.05, 4.69) is 11.8 Å². The molecule has 0 aromatic carbocycles. The molecule has 0 radical (unpaired) electrons. The van der Waals surface area contributed by atoms with Crippen molar-refractivity contribution < 1.29 is 9.90 Å². The van der Waals surface area contributed by atoms with Crippen LogP contribution in [0.1, 0.15) is 13.8 Å². The van der Waals surface area contributed by atoms with Crippen LogP contribution >= 0.6 is 11.6 Å². The number of hydrogen-bond donors (Lipinski definition) is 1. The van der Waals surface area contributed by atoms with E-state index in [4.69, 9.17) is 16.7 Å². The normalized spacial score (nSPS) is 28.1. The summed E-state index contributed by atoms with van der Waals surface area (Å²) in [5.74, 6) is 0.0523. The first kappa shape index (κ1) is 12.7. The number of carbonyl (C=O) groups is 1. The second-order valence-corrected chi connectivity index (χ2v) is 4.36. The topological polar surface area (TPSA) is 43.8 Å². The quantitative estimate of drug-likeness (QED) is 0.707. The van der Waals surface area contributed by atoms with E-state index in [-0.39, 0.29) is 24.4 Å². The Hall–Kier alpha value is -0.320. The van der Waals surface area contributed by atoms with Crippen LogP contribution in [-0.4, -0.2) is 65.0 Å². The maximum Gasteiger partial charge on any atom is 0.237 e. The van der Waals surface area contributed by atoms with E-state index >= 15 is 0 Å². The lowest BCUT2D eigenvalue weighted by Crippen LogP contribution is -2.58. The summed E-state index contributed by atoms with van der Waals surface area (Å²) in [6.45, 7) is 6.43. The number of amides is 1. The molecule has 2 atom stereocenters. The van der Waals surface area contributed by atoms with Crippen LogP contribution in [0.5, 0.6) is 0 Å². The third kappa shape index (κ3) is 3.06. The fraction of sp³-hybridized carbons (Fsp3) is 0.900. The van der Waals surface area contributed by atoms with Gasteiger partial charge in [0.05, 0.1) is 6.61 Å². The van der Waals surface area contributed by atoms with Crippen molar-refractivity contribution in [2.24, 2.45) is 0 Å². The number of piperazine rings is 1. The number of nitrogens with zero attached hydrogens (tertiary/aromatic N) is 2. The van der Waals surface area contributed by atoms with E-state index in [1.54, 1.807) is 0 Å². The lowest BCUT2D eigenvalue weighted by Gasteiger charge is -2.43. The van der Waals surface area contributed by atoms with Gasteiger partial charge in [-0.3, -0.25) is 9.69 Å². The summed E-state index contributed by atoms with van der Waals surface area (Å²) < 4.78 is 0. The first-order valence-electron chi connectivity index (χ1n) is 5.30. The van der Waals surface area contributed by atoms with Crippen molar-refractivity contribution in [3.8, 4) is 0 Å². The van der Waals surface area contributed by atoms with Gasteiger partial charge in [-0.15, -0.1) is 11.6 Å². The lowest BCUT2D eigenvalue weighted by atomic mass is 10.1. The van der Waals surface area contributed by atoms with Gasteiger partial charge in [-0.1, -0.05) is 0 Å². The molecule has 0 spiro atoms. The molecule has 1 heterocycles. The number of aliphatic hydroxyl groups is 1. The molecule has 1 aliphatic rings. The number of β-amino-alcohol motifs (C(OH)–C–C–N with tert-alkyl or cyclic N) is 1. The molecule has 1 fully saturated rings. The Balaban J connectivity index is 2.58. The second kappa shape index (κ2) is 5.68. The molecule has 15 heavy (non-hydrogen) atoms. The Morgan fingerprint density at radius 2 is 2.07 bits per heavy atom. The lowest BCUT2D eigenvalue weighted by molar-refractivity contribution is -0.134. The van der Waals surface area contributed by atoms with E-state index in [9.17, 15) is 4.79 Å². The Labute approximate surface area is 95.8 Å². The van der Waals surface area contributed by atoms with Gasteiger partial charge < -0.3 is 10.0 Å². The minimum absolute atomic E-state index is 0.000310. The fourth-order valence-corrected chi connectivity index (χ4v) is 2.22. The Morgan fingerprint density at radius 1 is 1.40 bits per heavy atom. The van der Waals surface area contributed by atoms with Gasteiger partial charge in [-0.25, -0.2) is 0 Å². The zero-order valence-corrected chi connectivity index (χ0v) is 10.1. The third-order valence-corrected chi connectivity index (χ3v) is 3.17. The molecule has 0 aromatic heterocycles. The van der Waals surface area contributed by atoms with Gasteiger partial charge in [0.15, 0.2) is 0 Å². The highest BCUT2D eigenvalue weighted by Crippen LogP contribution is 2.15. The van der Waals surface area contributed by atoms with Crippen LogP contribution in [0.4, 0.5) is 0 Å². The van der Waals surface area contributed by atoms with E-state index in [0.717, 1.165) is 6.54 Å². The maximum atomic E-state index is 11.5. The maximum absolute atomic E-state index is 11.5. The van der Waals surface area contributed by atoms with E-state index in [1.165, 1.54) is 0 Å². The molecule has 1 rings (SSSR count). The van der Waals surface area contributed by atoms with Crippen LogP contribution in [0.25, 0.3) is 0 Å². The molecule has 0 saturated carbocycles. The van der Waals surface area contributed by atoms with Crippen LogP contribution in [0, 0.1) is 0 Å². The molecule has 1 aliphatic heterocycles. The number of rotatable bonds is 3. The zero-order chi connectivity index (χ0) is 11.4. The van der Waals surface area contributed by atoms with Gasteiger partial charge in [0.1, 0.15) is 5.88 Å². The molecule has 0 bridgehead atoms. The summed E-state index contributed by atoms with van der Waals surface area (Å²) in [4.78, 5) is 15.5. The molecule has 0 aliphatic carbocycles. The number of carbonyl (C=O) groups excluding carboxylic acids is 1. The van der Waals surface area contributed by atoms with Crippen molar-refractivity contribution in [2.75, 3.05) is 32.1 Å². The van der Waals surface area contributed by atoms with Crippen LogP contribution in [-0.2, 0) is 4.79 Å². The van der Waals surface area contributed by atoms with E-state index < -0.39 is 0 Å². The van der Waals surface area contributed by atoms with Crippen molar-refractivity contribution in [3.05, 3.63) is 0 Å². The van der Waals surface area contributed by atoms with E-state index in [1.807, 2.05) is 11.8 Å². The number of halogens is 1. The molecule has 88 valence electrons. The first-order chi connectivity index (χ1) is 7.10. The van der Waals surface area contributed by atoms with Crippen molar-refractivity contribution in [1.82, 2.24) is 9.80 Å². The third-order valence-electron chi connectivity index (χ3n) is 2.94. The number of aliphatic hydroxyl groups excluding tert-OH is 1. The number of alkyl halides is 1. The highest BCUT2D eigenvalue weighted by atomic mass is 35.5. The monoisotopic (exact) mass is 234 g/mol. The van der Waals surface area contributed by atoms with Crippen molar-refractivity contribution in [1.29, 1.82) is 0 Å². The van der Waals surface area contributed by atoms with Crippen LogP contribution in [0.2, 0.25) is 0 Å². The summed E-state index contributed by atoms with van der Waals surface area (Å²) in [5, 5.41) is 8.90. The minimum atomic E-state index is -0.000310. The first-order valence-corrected chi connectivity index (χ1v) is 5.84. The standard InChI is InChI=1S/C10H19ClN2O2/c1-8-7-13(10(15)5-11)9(2)6-12(8)3-4-14/h8-9,14H,3-7H2,1-2H3/t8-,9+/m1/s1. The fourth-order valence-electron chi connectivity index (χ4n) is 2.06. The van der Waals surface area contributed by atoms with E-state index in [0.29, 0.717) is 19.1 Å². The summed E-state index contributed by atoms with van der Waals surface area (Å²) in [6.07, 6.45) is 0. The highest BCUT2D eigenvalue weighted by molar-refractivity contribution is 6.27. The van der Waals surface area contributed by atoms with Gasteiger partial charge in [0.2, 0.25) is 5.91 Å². The van der Waals surface area contributed by atoms with Crippen LogP contribution in [0.15, 0.2) is 0 Å². The van der Waals surface area contributed by atoms with Crippen molar-refractivity contribution in [2.45, 2.75) is 25.9 Å². The van der Waals surface area contributed by atoms with Crippen molar-refractivity contribution >= 4 is 17.5 Å². The Kier molecular flexibility index (Phi) is 4.83. The molecule has 0 unspecified atom stereocenters. The molecule has 1 amide bonds. The molecular formula is C10H19ClN2O2.